The molecule has 1 saturated heterocycles. The van der Waals surface area contributed by atoms with Crippen molar-refractivity contribution in [2.75, 3.05) is 31.6 Å². The summed E-state index contributed by atoms with van der Waals surface area (Å²) in [5, 5.41) is 5.61. The number of amides is 1. The molecule has 0 spiro atoms. The lowest BCUT2D eigenvalue weighted by atomic mass is 10.1. The zero-order valence-corrected chi connectivity index (χ0v) is 19.2. The van der Waals surface area contributed by atoms with Crippen LogP contribution in [-0.2, 0) is 14.8 Å². The Morgan fingerprint density at radius 3 is 2.48 bits per heavy atom. The van der Waals surface area contributed by atoms with Gasteiger partial charge in [-0.15, -0.1) is 11.3 Å². The number of thiophene rings is 1. The summed E-state index contributed by atoms with van der Waals surface area (Å²) in [7, 11) is -3.59. The molecule has 7 nitrogen and oxygen atoms in total. The molecule has 5 rings (SSSR count). The molecule has 0 aliphatic carbocycles. The van der Waals surface area contributed by atoms with Crippen molar-refractivity contribution in [2.24, 2.45) is 0 Å². The maximum absolute atomic E-state index is 13.2. The van der Waals surface area contributed by atoms with Crippen molar-refractivity contribution >= 4 is 43.9 Å². The molecule has 2 aromatic carbocycles. The number of carbonyl (C=O) groups is 1. The van der Waals surface area contributed by atoms with E-state index in [1.54, 1.807) is 29.5 Å². The van der Waals surface area contributed by atoms with E-state index in [4.69, 9.17) is 9.72 Å². The molecule has 9 heteroatoms. The first-order valence-electron chi connectivity index (χ1n) is 10.5. The molecule has 1 fully saturated rings. The molecule has 1 aliphatic rings. The number of pyridine rings is 1. The number of carbonyl (C=O) groups excluding carboxylic acids is 1. The highest BCUT2D eigenvalue weighted by Crippen LogP contribution is 2.28. The summed E-state index contributed by atoms with van der Waals surface area (Å²) in [6.07, 6.45) is 0. The van der Waals surface area contributed by atoms with Crippen molar-refractivity contribution in [2.45, 2.75) is 4.90 Å². The molecule has 1 aliphatic heterocycles. The van der Waals surface area contributed by atoms with Gasteiger partial charge in [-0.3, -0.25) is 4.79 Å². The standard InChI is InChI=1S/C24H21N3O4S2/c28-24(20-16-22(23-6-3-15-32-23)26-21-5-2-1-4-19(20)21)25-17-7-9-18(10-8-17)33(29,30)27-11-13-31-14-12-27/h1-10,15-16H,11-14H2,(H,25,28). The normalized spacial score (nSPS) is 14.9. The van der Waals surface area contributed by atoms with Crippen LogP contribution in [0.5, 0.6) is 0 Å². The molecule has 4 aromatic rings. The number of ether oxygens (including phenoxy) is 1. The van der Waals surface area contributed by atoms with Crippen molar-refractivity contribution in [3.05, 3.63) is 77.7 Å². The largest absolute Gasteiger partial charge is 0.379 e. The Balaban J connectivity index is 1.42. The van der Waals surface area contributed by atoms with E-state index in [0.717, 1.165) is 21.5 Å². The van der Waals surface area contributed by atoms with Crippen LogP contribution in [0.15, 0.2) is 77.0 Å². The Labute approximate surface area is 195 Å². The first-order valence-corrected chi connectivity index (χ1v) is 12.8. The number of sulfonamides is 1. The van der Waals surface area contributed by atoms with E-state index in [1.807, 2.05) is 41.8 Å². The quantitative estimate of drug-likeness (QED) is 0.463. The van der Waals surface area contributed by atoms with Gasteiger partial charge < -0.3 is 10.1 Å². The van der Waals surface area contributed by atoms with E-state index in [-0.39, 0.29) is 10.8 Å². The number of morpholine rings is 1. The summed E-state index contributed by atoms with van der Waals surface area (Å²) < 4.78 is 32.3. The van der Waals surface area contributed by atoms with Crippen molar-refractivity contribution < 1.29 is 17.9 Å². The number of hydrogen-bond acceptors (Lipinski definition) is 6. The molecule has 33 heavy (non-hydrogen) atoms. The lowest BCUT2D eigenvalue weighted by Crippen LogP contribution is -2.40. The molecule has 168 valence electrons. The number of aromatic nitrogens is 1. The number of hydrogen-bond donors (Lipinski definition) is 1. The van der Waals surface area contributed by atoms with Gasteiger partial charge in [0.25, 0.3) is 5.91 Å². The first kappa shape index (κ1) is 21.7. The molecule has 3 heterocycles. The first-order chi connectivity index (χ1) is 16.0. The summed E-state index contributed by atoms with van der Waals surface area (Å²) in [4.78, 5) is 19.1. The minimum atomic E-state index is -3.59. The van der Waals surface area contributed by atoms with Crippen LogP contribution in [0.3, 0.4) is 0 Å². The topological polar surface area (TPSA) is 88.6 Å². The molecule has 0 atom stereocenters. The van der Waals surface area contributed by atoms with E-state index in [2.05, 4.69) is 5.32 Å². The van der Waals surface area contributed by atoms with Crippen molar-refractivity contribution in [3.63, 3.8) is 0 Å². The van der Waals surface area contributed by atoms with Crippen LogP contribution in [0.4, 0.5) is 5.69 Å². The number of fused-ring (bicyclic) bond motifs is 1. The summed E-state index contributed by atoms with van der Waals surface area (Å²) in [5.74, 6) is -0.282. The SMILES string of the molecule is O=C(Nc1ccc(S(=O)(=O)N2CCOCC2)cc1)c1cc(-c2cccs2)nc2ccccc12. The van der Waals surface area contributed by atoms with Crippen molar-refractivity contribution in [1.29, 1.82) is 0 Å². The third kappa shape index (κ3) is 4.40. The van der Waals surface area contributed by atoms with Gasteiger partial charge in [0, 0.05) is 24.2 Å². The fraction of sp³-hybridized carbons (Fsp3) is 0.167. The molecular formula is C24H21N3O4S2. The number of nitrogens with zero attached hydrogens (tertiary/aromatic N) is 2. The van der Waals surface area contributed by atoms with Crippen LogP contribution in [0.2, 0.25) is 0 Å². The van der Waals surface area contributed by atoms with Gasteiger partial charge in [0.15, 0.2) is 0 Å². The highest BCUT2D eigenvalue weighted by atomic mass is 32.2. The van der Waals surface area contributed by atoms with Crippen LogP contribution in [0.1, 0.15) is 10.4 Å². The highest BCUT2D eigenvalue weighted by molar-refractivity contribution is 7.89. The third-order valence-electron chi connectivity index (χ3n) is 5.45. The number of nitrogens with one attached hydrogen (secondary N) is 1. The summed E-state index contributed by atoms with van der Waals surface area (Å²) >= 11 is 1.56. The van der Waals surface area contributed by atoms with Crippen molar-refractivity contribution in [1.82, 2.24) is 9.29 Å². The lowest BCUT2D eigenvalue weighted by Gasteiger charge is -2.26. The van der Waals surface area contributed by atoms with E-state index in [0.29, 0.717) is 37.6 Å². The predicted molar refractivity (Wildman–Crippen MR) is 129 cm³/mol. The van der Waals surface area contributed by atoms with Crippen LogP contribution in [-0.4, -0.2) is 49.9 Å². The molecule has 1 N–H and O–H groups in total. The number of rotatable bonds is 5. The third-order valence-corrected chi connectivity index (χ3v) is 8.26. The second-order valence-corrected chi connectivity index (χ2v) is 10.4. The molecule has 0 bridgehead atoms. The van der Waals surface area contributed by atoms with Gasteiger partial charge in [-0.05, 0) is 47.8 Å². The van der Waals surface area contributed by atoms with Crippen LogP contribution in [0, 0.1) is 0 Å². The fourth-order valence-electron chi connectivity index (χ4n) is 3.76. The molecule has 1 amide bonds. The van der Waals surface area contributed by atoms with Crippen LogP contribution >= 0.6 is 11.3 Å². The second kappa shape index (κ2) is 9.03. The zero-order chi connectivity index (χ0) is 22.8. The monoisotopic (exact) mass is 479 g/mol. The van der Waals surface area contributed by atoms with Gasteiger partial charge in [-0.1, -0.05) is 24.3 Å². The van der Waals surface area contributed by atoms with Gasteiger partial charge in [-0.2, -0.15) is 4.31 Å². The van der Waals surface area contributed by atoms with Crippen molar-refractivity contribution in [3.8, 4) is 10.6 Å². The number of benzene rings is 2. The second-order valence-electron chi connectivity index (χ2n) is 7.54. The highest BCUT2D eigenvalue weighted by Gasteiger charge is 2.26. The summed E-state index contributed by atoms with van der Waals surface area (Å²) in [6, 6.07) is 19.5. The predicted octanol–water partition coefficient (Wildman–Crippen LogP) is 4.24. The number of anilines is 1. The average molecular weight is 480 g/mol. The average Bonchev–Trinajstić information content (AvgIpc) is 3.39. The van der Waals surface area contributed by atoms with Gasteiger partial charge in [-0.25, -0.2) is 13.4 Å². The van der Waals surface area contributed by atoms with Gasteiger partial charge in [0.1, 0.15) is 0 Å². The van der Waals surface area contributed by atoms with E-state index < -0.39 is 10.0 Å². The van der Waals surface area contributed by atoms with E-state index in [9.17, 15) is 13.2 Å². The minimum Gasteiger partial charge on any atom is -0.379 e. The van der Waals surface area contributed by atoms with Gasteiger partial charge >= 0.3 is 0 Å². The molecule has 0 unspecified atom stereocenters. The Morgan fingerprint density at radius 2 is 1.76 bits per heavy atom. The van der Waals surface area contributed by atoms with Gasteiger partial charge in [0.05, 0.1) is 39.8 Å². The molecule has 0 radical (unpaired) electrons. The fourth-order valence-corrected chi connectivity index (χ4v) is 5.85. The maximum atomic E-state index is 13.2. The molecular weight excluding hydrogens is 458 g/mol. The lowest BCUT2D eigenvalue weighted by molar-refractivity contribution is 0.0730. The number of para-hydroxylation sites is 1. The zero-order valence-electron chi connectivity index (χ0n) is 17.6. The summed E-state index contributed by atoms with van der Waals surface area (Å²) in [6.45, 7) is 1.45. The molecule has 0 saturated carbocycles. The Kier molecular flexibility index (Phi) is 5.94. The smallest absolute Gasteiger partial charge is 0.256 e. The summed E-state index contributed by atoms with van der Waals surface area (Å²) in [5.41, 5.74) is 2.50. The van der Waals surface area contributed by atoms with Crippen LogP contribution < -0.4 is 5.32 Å². The van der Waals surface area contributed by atoms with Crippen LogP contribution in [0.25, 0.3) is 21.5 Å². The maximum Gasteiger partial charge on any atom is 0.256 e. The Bertz CT molecular complexity index is 1400. The molecule has 2 aromatic heterocycles. The minimum absolute atomic E-state index is 0.191. The van der Waals surface area contributed by atoms with Gasteiger partial charge in [0.2, 0.25) is 10.0 Å². The Hall–Kier alpha value is -3.11. The van der Waals surface area contributed by atoms with E-state index in [1.165, 1.54) is 16.4 Å². The van der Waals surface area contributed by atoms with E-state index >= 15 is 0 Å². The Morgan fingerprint density at radius 1 is 1.00 bits per heavy atom.